The smallest absolute Gasteiger partial charge is 0.410 e. The van der Waals surface area contributed by atoms with Crippen molar-refractivity contribution in [3.05, 3.63) is 0 Å². The normalized spacial score (nSPS) is 29.1. The molecule has 2 rings (SSSR count). The summed E-state index contributed by atoms with van der Waals surface area (Å²) < 4.78 is 5.63. The molecule has 1 aliphatic heterocycles. The summed E-state index contributed by atoms with van der Waals surface area (Å²) in [6.07, 6.45) is 5.84. The molecule has 0 aromatic carbocycles. The van der Waals surface area contributed by atoms with Crippen molar-refractivity contribution in [3.63, 3.8) is 0 Å². The molecular formula is C19H36N2O2. The van der Waals surface area contributed by atoms with Gasteiger partial charge in [0, 0.05) is 25.2 Å². The van der Waals surface area contributed by atoms with Gasteiger partial charge in [-0.2, -0.15) is 0 Å². The Morgan fingerprint density at radius 2 is 1.78 bits per heavy atom. The predicted octanol–water partition coefficient (Wildman–Crippen LogP) is 4.19. The standard InChI is InChI=1S/C19H36N2O2/c1-18(2,3)13-20-15-10-7-9-14(15)16-11-8-12-21(16)17(22)23-19(4,5)6/h14-16,20H,7-13H2,1-6H3. The van der Waals surface area contributed by atoms with E-state index in [2.05, 4.69) is 26.1 Å². The zero-order valence-electron chi connectivity index (χ0n) is 15.9. The lowest BCUT2D eigenvalue weighted by atomic mass is 9.90. The molecule has 2 fully saturated rings. The van der Waals surface area contributed by atoms with E-state index in [-0.39, 0.29) is 6.09 Å². The van der Waals surface area contributed by atoms with Gasteiger partial charge < -0.3 is 15.0 Å². The van der Waals surface area contributed by atoms with E-state index in [9.17, 15) is 4.79 Å². The van der Waals surface area contributed by atoms with Gasteiger partial charge in [0.1, 0.15) is 5.60 Å². The van der Waals surface area contributed by atoms with Gasteiger partial charge in [-0.15, -0.1) is 0 Å². The molecule has 1 amide bonds. The third kappa shape index (κ3) is 5.37. The molecule has 3 unspecified atom stereocenters. The van der Waals surface area contributed by atoms with Crippen LogP contribution in [0, 0.1) is 11.3 Å². The number of hydrogen-bond acceptors (Lipinski definition) is 3. The Hall–Kier alpha value is -0.770. The first-order valence-corrected chi connectivity index (χ1v) is 9.30. The molecule has 1 aliphatic carbocycles. The van der Waals surface area contributed by atoms with E-state index in [1.807, 2.05) is 25.7 Å². The number of nitrogens with one attached hydrogen (secondary N) is 1. The van der Waals surface area contributed by atoms with Crippen molar-refractivity contribution < 1.29 is 9.53 Å². The highest BCUT2D eigenvalue weighted by Crippen LogP contribution is 2.36. The van der Waals surface area contributed by atoms with Crippen LogP contribution >= 0.6 is 0 Å². The summed E-state index contributed by atoms with van der Waals surface area (Å²) in [5.74, 6) is 0.576. The first-order chi connectivity index (χ1) is 10.6. The Labute approximate surface area is 142 Å². The largest absolute Gasteiger partial charge is 0.444 e. The molecule has 1 saturated carbocycles. The number of amides is 1. The highest BCUT2D eigenvalue weighted by Gasteiger charge is 2.42. The molecule has 0 bridgehead atoms. The molecule has 0 radical (unpaired) electrons. The number of carbonyl (C=O) groups is 1. The summed E-state index contributed by atoms with van der Waals surface area (Å²) in [6, 6.07) is 0.895. The van der Waals surface area contributed by atoms with Gasteiger partial charge in [-0.3, -0.25) is 0 Å². The van der Waals surface area contributed by atoms with Gasteiger partial charge in [0.2, 0.25) is 0 Å². The molecule has 1 N–H and O–H groups in total. The maximum Gasteiger partial charge on any atom is 0.410 e. The molecular weight excluding hydrogens is 288 g/mol. The minimum Gasteiger partial charge on any atom is -0.444 e. The zero-order chi connectivity index (χ0) is 17.3. The number of likely N-dealkylation sites (tertiary alicyclic amines) is 1. The van der Waals surface area contributed by atoms with Crippen molar-refractivity contribution in [2.75, 3.05) is 13.1 Å². The van der Waals surface area contributed by atoms with E-state index in [0.717, 1.165) is 25.9 Å². The molecule has 3 atom stereocenters. The summed E-state index contributed by atoms with van der Waals surface area (Å²) in [6.45, 7) is 14.5. The van der Waals surface area contributed by atoms with Crippen LogP contribution in [0.4, 0.5) is 4.79 Å². The minimum atomic E-state index is -0.413. The predicted molar refractivity (Wildman–Crippen MR) is 94.5 cm³/mol. The lowest BCUT2D eigenvalue weighted by molar-refractivity contribution is 0.0165. The Balaban J connectivity index is 1.99. The van der Waals surface area contributed by atoms with Gasteiger partial charge in [-0.25, -0.2) is 4.79 Å². The van der Waals surface area contributed by atoms with E-state index in [1.165, 1.54) is 19.3 Å². The van der Waals surface area contributed by atoms with Crippen molar-refractivity contribution >= 4 is 6.09 Å². The zero-order valence-corrected chi connectivity index (χ0v) is 15.9. The molecule has 1 heterocycles. The van der Waals surface area contributed by atoms with Crippen molar-refractivity contribution in [2.45, 2.75) is 91.3 Å². The van der Waals surface area contributed by atoms with Crippen LogP contribution in [0.15, 0.2) is 0 Å². The van der Waals surface area contributed by atoms with Crippen LogP contribution < -0.4 is 5.32 Å². The number of hydrogen-bond donors (Lipinski definition) is 1. The summed E-state index contributed by atoms with van der Waals surface area (Å²) in [7, 11) is 0. The Kier molecular flexibility index (Phi) is 5.65. The fraction of sp³-hybridized carbons (Fsp3) is 0.947. The summed E-state index contributed by atoms with van der Waals surface area (Å²) in [5.41, 5.74) is -0.114. The summed E-state index contributed by atoms with van der Waals surface area (Å²) in [5, 5.41) is 3.78. The first kappa shape index (κ1) is 18.6. The van der Waals surface area contributed by atoms with Crippen LogP contribution in [0.3, 0.4) is 0 Å². The van der Waals surface area contributed by atoms with Crippen LogP contribution in [0.25, 0.3) is 0 Å². The number of carbonyl (C=O) groups excluding carboxylic acids is 1. The van der Waals surface area contributed by atoms with Gasteiger partial charge in [-0.05, 0) is 57.8 Å². The van der Waals surface area contributed by atoms with Crippen molar-refractivity contribution in [3.8, 4) is 0 Å². The Morgan fingerprint density at radius 1 is 1.09 bits per heavy atom. The van der Waals surface area contributed by atoms with Crippen molar-refractivity contribution in [1.29, 1.82) is 0 Å². The molecule has 0 aromatic rings. The lowest BCUT2D eigenvalue weighted by Gasteiger charge is -2.35. The number of ether oxygens (including phenoxy) is 1. The highest BCUT2D eigenvalue weighted by molar-refractivity contribution is 5.69. The SMILES string of the molecule is CC(C)(C)CNC1CCCC1C1CCCN1C(=O)OC(C)(C)C. The summed E-state index contributed by atoms with van der Waals surface area (Å²) in [4.78, 5) is 14.5. The second-order valence-corrected chi connectivity index (χ2v) is 9.53. The van der Waals surface area contributed by atoms with Gasteiger partial charge in [-0.1, -0.05) is 27.2 Å². The highest BCUT2D eigenvalue weighted by atomic mass is 16.6. The fourth-order valence-electron chi connectivity index (χ4n) is 3.92. The quantitative estimate of drug-likeness (QED) is 0.846. The van der Waals surface area contributed by atoms with E-state index >= 15 is 0 Å². The first-order valence-electron chi connectivity index (χ1n) is 9.30. The Bertz CT molecular complexity index is 409. The average molecular weight is 325 g/mol. The molecule has 4 heteroatoms. The molecule has 0 spiro atoms. The second-order valence-electron chi connectivity index (χ2n) is 9.53. The van der Waals surface area contributed by atoms with Gasteiger partial charge in [0.15, 0.2) is 0 Å². The maximum absolute atomic E-state index is 12.5. The molecule has 0 aromatic heterocycles. The van der Waals surface area contributed by atoms with Crippen LogP contribution in [0.2, 0.25) is 0 Å². The molecule has 23 heavy (non-hydrogen) atoms. The van der Waals surface area contributed by atoms with Crippen molar-refractivity contribution in [2.24, 2.45) is 11.3 Å². The second kappa shape index (κ2) is 7.00. The van der Waals surface area contributed by atoms with Crippen LogP contribution in [0.5, 0.6) is 0 Å². The topological polar surface area (TPSA) is 41.6 Å². The fourth-order valence-corrected chi connectivity index (χ4v) is 3.92. The van der Waals surface area contributed by atoms with Crippen molar-refractivity contribution in [1.82, 2.24) is 10.2 Å². The van der Waals surface area contributed by atoms with Crippen LogP contribution in [0.1, 0.15) is 73.6 Å². The summed E-state index contributed by atoms with van der Waals surface area (Å²) >= 11 is 0. The van der Waals surface area contributed by atoms with Gasteiger partial charge in [0.05, 0.1) is 0 Å². The third-order valence-corrected chi connectivity index (χ3v) is 4.89. The number of nitrogens with zero attached hydrogens (tertiary/aromatic N) is 1. The Morgan fingerprint density at radius 3 is 2.39 bits per heavy atom. The lowest BCUT2D eigenvalue weighted by Crippen LogP contribution is -2.48. The van der Waals surface area contributed by atoms with E-state index in [0.29, 0.717) is 23.4 Å². The third-order valence-electron chi connectivity index (χ3n) is 4.89. The van der Waals surface area contributed by atoms with Gasteiger partial charge >= 0.3 is 6.09 Å². The molecule has 1 saturated heterocycles. The van der Waals surface area contributed by atoms with E-state index in [4.69, 9.17) is 4.74 Å². The van der Waals surface area contributed by atoms with Gasteiger partial charge in [0.25, 0.3) is 0 Å². The molecule has 134 valence electrons. The molecule has 4 nitrogen and oxygen atoms in total. The van der Waals surface area contributed by atoms with E-state index in [1.54, 1.807) is 0 Å². The van der Waals surface area contributed by atoms with E-state index < -0.39 is 5.60 Å². The average Bonchev–Trinajstić information content (AvgIpc) is 3.01. The maximum atomic E-state index is 12.5. The van der Waals surface area contributed by atoms with Crippen LogP contribution in [-0.4, -0.2) is 41.8 Å². The number of rotatable bonds is 3. The minimum absolute atomic E-state index is 0.124. The molecule has 2 aliphatic rings. The monoisotopic (exact) mass is 324 g/mol. The van der Waals surface area contributed by atoms with Crippen LogP contribution in [-0.2, 0) is 4.74 Å².